The SMILES string of the molecule is Cc1ccc(CN2CC(C(=O)Nc3ccc(N4CCOCC4)nc3)CC2=O)cc1. The molecule has 0 aliphatic carbocycles. The van der Waals surface area contributed by atoms with Crippen molar-refractivity contribution < 1.29 is 14.3 Å². The van der Waals surface area contributed by atoms with Crippen LogP contribution in [-0.2, 0) is 20.9 Å². The van der Waals surface area contributed by atoms with Crippen molar-refractivity contribution in [3.05, 3.63) is 53.7 Å². The molecule has 1 unspecified atom stereocenters. The molecule has 1 aromatic carbocycles. The van der Waals surface area contributed by atoms with Crippen LogP contribution in [0.3, 0.4) is 0 Å². The number of hydrogen-bond acceptors (Lipinski definition) is 5. The highest BCUT2D eigenvalue weighted by Gasteiger charge is 2.34. The summed E-state index contributed by atoms with van der Waals surface area (Å²) in [6.45, 7) is 6.06. The molecule has 29 heavy (non-hydrogen) atoms. The number of benzene rings is 1. The zero-order valence-electron chi connectivity index (χ0n) is 16.6. The lowest BCUT2D eigenvalue weighted by molar-refractivity contribution is -0.128. The predicted molar refractivity (Wildman–Crippen MR) is 111 cm³/mol. The molecule has 1 aromatic heterocycles. The molecule has 1 N–H and O–H groups in total. The van der Waals surface area contributed by atoms with Gasteiger partial charge < -0.3 is 19.9 Å². The maximum Gasteiger partial charge on any atom is 0.229 e. The molecule has 7 nitrogen and oxygen atoms in total. The minimum Gasteiger partial charge on any atom is -0.378 e. The first-order chi connectivity index (χ1) is 14.1. The molecule has 0 radical (unpaired) electrons. The van der Waals surface area contributed by atoms with E-state index >= 15 is 0 Å². The number of aryl methyl sites for hydroxylation is 1. The molecule has 2 amide bonds. The minimum absolute atomic E-state index is 0.0199. The third-order valence-electron chi connectivity index (χ3n) is 5.43. The van der Waals surface area contributed by atoms with E-state index in [1.807, 2.05) is 43.3 Å². The lowest BCUT2D eigenvalue weighted by Crippen LogP contribution is -2.36. The van der Waals surface area contributed by atoms with E-state index < -0.39 is 0 Å². The molecule has 7 heteroatoms. The molecule has 2 fully saturated rings. The molecular weight excluding hydrogens is 368 g/mol. The van der Waals surface area contributed by atoms with Gasteiger partial charge in [0.1, 0.15) is 5.82 Å². The molecule has 2 aliphatic heterocycles. The van der Waals surface area contributed by atoms with Crippen LogP contribution in [-0.4, -0.2) is 54.5 Å². The first kappa shape index (κ1) is 19.4. The van der Waals surface area contributed by atoms with Crippen LogP contribution in [0, 0.1) is 12.8 Å². The Morgan fingerprint density at radius 2 is 1.93 bits per heavy atom. The van der Waals surface area contributed by atoms with Gasteiger partial charge in [-0.3, -0.25) is 9.59 Å². The topological polar surface area (TPSA) is 74.8 Å². The van der Waals surface area contributed by atoms with E-state index in [4.69, 9.17) is 4.74 Å². The molecule has 1 atom stereocenters. The van der Waals surface area contributed by atoms with E-state index in [2.05, 4.69) is 15.2 Å². The van der Waals surface area contributed by atoms with E-state index in [1.165, 1.54) is 5.56 Å². The number of aromatic nitrogens is 1. The van der Waals surface area contributed by atoms with Crippen LogP contribution < -0.4 is 10.2 Å². The van der Waals surface area contributed by atoms with Gasteiger partial charge in [0.05, 0.1) is 31.0 Å². The Bertz CT molecular complexity index is 861. The van der Waals surface area contributed by atoms with Gasteiger partial charge in [-0.1, -0.05) is 29.8 Å². The first-order valence-corrected chi connectivity index (χ1v) is 10.0. The Morgan fingerprint density at radius 3 is 2.62 bits per heavy atom. The third-order valence-corrected chi connectivity index (χ3v) is 5.43. The van der Waals surface area contributed by atoms with Crippen molar-refractivity contribution in [1.29, 1.82) is 0 Å². The normalized spacial score (nSPS) is 19.5. The van der Waals surface area contributed by atoms with Gasteiger partial charge in [0.2, 0.25) is 11.8 Å². The number of nitrogens with zero attached hydrogens (tertiary/aromatic N) is 3. The second kappa shape index (κ2) is 8.61. The summed E-state index contributed by atoms with van der Waals surface area (Å²) in [5.74, 6) is 0.427. The van der Waals surface area contributed by atoms with Gasteiger partial charge in [-0.2, -0.15) is 0 Å². The number of carbonyl (C=O) groups excluding carboxylic acids is 2. The molecule has 2 aliphatic rings. The molecular formula is C22H26N4O3. The van der Waals surface area contributed by atoms with Crippen molar-refractivity contribution in [2.45, 2.75) is 19.9 Å². The van der Waals surface area contributed by atoms with Gasteiger partial charge in [-0.15, -0.1) is 0 Å². The van der Waals surface area contributed by atoms with E-state index in [0.29, 0.717) is 32.0 Å². The summed E-state index contributed by atoms with van der Waals surface area (Å²) in [5, 5.41) is 2.90. The van der Waals surface area contributed by atoms with Gasteiger partial charge >= 0.3 is 0 Å². The van der Waals surface area contributed by atoms with E-state index in [1.54, 1.807) is 11.1 Å². The lowest BCUT2D eigenvalue weighted by Gasteiger charge is -2.27. The number of anilines is 2. The summed E-state index contributed by atoms with van der Waals surface area (Å²) in [7, 11) is 0. The molecule has 0 spiro atoms. The Labute approximate surface area is 170 Å². The average Bonchev–Trinajstić information content (AvgIpc) is 3.11. The van der Waals surface area contributed by atoms with Crippen LogP contribution in [0.15, 0.2) is 42.6 Å². The molecule has 152 valence electrons. The molecule has 0 saturated carbocycles. The van der Waals surface area contributed by atoms with Gasteiger partial charge in [0.15, 0.2) is 0 Å². The second-order valence-electron chi connectivity index (χ2n) is 7.65. The van der Waals surface area contributed by atoms with Crippen LogP contribution in [0.5, 0.6) is 0 Å². The standard InChI is InChI=1S/C22H26N4O3/c1-16-2-4-17(5-3-16)14-26-15-18(12-21(26)27)22(28)24-19-6-7-20(23-13-19)25-8-10-29-11-9-25/h2-7,13,18H,8-12,14-15H2,1H3,(H,24,28). The number of likely N-dealkylation sites (tertiary alicyclic amines) is 1. The van der Waals surface area contributed by atoms with Crippen molar-refractivity contribution in [3.63, 3.8) is 0 Å². The highest BCUT2D eigenvalue weighted by Crippen LogP contribution is 2.23. The maximum atomic E-state index is 12.6. The summed E-state index contributed by atoms with van der Waals surface area (Å²) < 4.78 is 5.36. The molecule has 2 aromatic rings. The van der Waals surface area contributed by atoms with E-state index in [-0.39, 0.29) is 24.2 Å². The quantitative estimate of drug-likeness (QED) is 0.842. The molecule has 0 bridgehead atoms. The lowest BCUT2D eigenvalue weighted by atomic mass is 10.1. The Balaban J connectivity index is 1.32. The number of pyridine rings is 1. The fourth-order valence-electron chi connectivity index (χ4n) is 3.70. The number of nitrogens with one attached hydrogen (secondary N) is 1. The van der Waals surface area contributed by atoms with Gasteiger partial charge in [0.25, 0.3) is 0 Å². The van der Waals surface area contributed by atoms with Gasteiger partial charge in [-0.25, -0.2) is 4.98 Å². The third kappa shape index (κ3) is 4.74. The molecule has 2 saturated heterocycles. The van der Waals surface area contributed by atoms with Crippen LogP contribution >= 0.6 is 0 Å². The van der Waals surface area contributed by atoms with Crippen molar-refractivity contribution in [2.75, 3.05) is 43.1 Å². The van der Waals surface area contributed by atoms with Crippen molar-refractivity contribution in [2.24, 2.45) is 5.92 Å². The number of ether oxygens (including phenoxy) is 1. The second-order valence-corrected chi connectivity index (χ2v) is 7.65. The fourth-order valence-corrected chi connectivity index (χ4v) is 3.70. The number of hydrogen-bond donors (Lipinski definition) is 1. The molecule has 3 heterocycles. The van der Waals surface area contributed by atoms with Crippen molar-refractivity contribution in [1.82, 2.24) is 9.88 Å². The number of rotatable bonds is 5. The smallest absolute Gasteiger partial charge is 0.229 e. The summed E-state index contributed by atoms with van der Waals surface area (Å²) in [4.78, 5) is 33.4. The van der Waals surface area contributed by atoms with Crippen LogP contribution in [0.25, 0.3) is 0 Å². The Morgan fingerprint density at radius 1 is 1.17 bits per heavy atom. The average molecular weight is 394 g/mol. The van der Waals surface area contributed by atoms with Crippen LogP contribution in [0.4, 0.5) is 11.5 Å². The highest BCUT2D eigenvalue weighted by atomic mass is 16.5. The summed E-state index contributed by atoms with van der Waals surface area (Å²) in [6.07, 6.45) is 1.92. The van der Waals surface area contributed by atoms with E-state index in [0.717, 1.165) is 24.5 Å². The van der Waals surface area contributed by atoms with Crippen LogP contribution in [0.2, 0.25) is 0 Å². The van der Waals surface area contributed by atoms with Gasteiger partial charge in [0, 0.05) is 32.6 Å². The zero-order chi connectivity index (χ0) is 20.2. The summed E-state index contributed by atoms with van der Waals surface area (Å²) in [5.41, 5.74) is 2.91. The van der Waals surface area contributed by atoms with E-state index in [9.17, 15) is 9.59 Å². The monoisotopic (exact) mass is 394 g/mol. The number of carbonyl (C=O) groups is 2. The highest BCUT2D eigenvalue weighted by molar-refractivity contribution is 5.97. The number of amides is 2. The largest absolute Gasteiger partial charge is 0.378 e. The van der Waals surface area contributed by atoms with Gasteiger partial charge in [-0.05, 0) is 24.6 Å². The van der Waals surface area contributed by atoms with Crippen LogP contribution in [0.1, 0.15) is 17.5 Å². The van der Waals surface area contributed by atoms with Crippen molar-refractivity contribution >= 4 is 23.3 Å². The maximum absolute atomic E-state index is 12.6. The first-order valence-electron chi connectivity index (χ1n) is 10.0. The van der Waals surface area contributed by atoms with Crippen molar-refractivity contribution in [3.8, 4) is 0 Å². The summed E-state index contributed by atoms with van der Waals surface area (Å²) >= 11 is 0. The fraction of sp³-hybridized carbons (Fsp3) is 0.409. The summed E-state index contributed by atoms with van der Waals surface area (Å²) in [6, 6.07) is 11.9. The number of morpholine rings is 1. The molecule has 4 rings (SSSR count). The minimum atomic E-state index is -0.341. The zero-order valence-corrected chi connectivity index (χ0v) is 16.6. The Hall–Kier alpha value is -2.93. The predicted octanol–water partition coefficient (Wildman–Crippen LogP) is 2.21. The Kier molecular flexibility index (Phi) is 5.76.